The van der Waals surface area contributed by atoms with E-state index in [4.69, 9.17) is 9.47 Å². The van der Waals surface area contributed by atoms with E-state index in [1.807, 2.05) is 29.2 Å². The molecule has 6 nitrogen and oxygen atoms in total. The Balaban J connectivity index is 2.14. The van der Waals surface area contributed by atoms with Gasteiger partial charge in [-0.3, -0.25) is 14.7 Å². The molecule has 0 spiro atoms. The molecule has 1 aromatic carbocycles. The molecule has 0 radical (unpaired) electrons. The first-order chi connectivity index (χ1) is 12.6. The Hall–Kier alpha value is -2.12. The summed E-state index contributed by atoms with van der Waals surface area (Å²) in [6.45, 7) is 0.706. The van der Waals surface area contributed by atoms with Gasteiger partial charge in [0.15, 0.2) is 11.5 Å². The number of aliphatic carboxylic acids is 1. The standard InChI is InChI=1S/C19H21BrN2O4/c1-25-16-9-13(14(20)10-17(16)26-2)18(12-5-3-7-21-11-12)22-8-4-6-15(22)19(23)24/h3,5,7,9-11,15,18H,4,6,8H2,1-2H3,(H,23,24). The molecule has 2 atom stereocenters. The molecule has 0 aliphatic carbocycles. The number of hydrogen-bond donors (Lipinski definition) is 1. The van der Waals surface area contributed by atoms with Crippen molar-refractivity contribution < 1.29 is 19.4 Å². The van der Waals surface area contributed by atoms with Crippen LogP contribution in [-0.2, 0) is 4.79 Å². The topological polar surface area (TPSA) is 71.9 Å². The fourth-order valence-corrected chi connectivity index (χ4v) is 4.07. The summed E-state index contributed by atoms with van der Waals surface area (Å²) in [6, 6.07) is 6.81. The molecule has 0 amide bonds. The number of aromatic nitrogens is 1. The van der Waals surface area contributed by atoms with Crippen molar-refractivity contribution >= 4 is 21.9 Å². The van der Waals surface area contributed by atoms with Gasteiger partial charge in [-0.1, -0.05) is 22.0 Å². The minimum atomic E-state index is -0.798. The molecule has 1 fully saturated rings. The van der Waals surface area contributed by atoms with Crippen molar-refractivity contribution in [3.05, 3.63) is 52.3 Å². The predicted molar refractivity (Wildman–Crippen MR) is 101 cm³/mol. The van der Waals surface area contributed by atoms with Crippen LogP contribution in [0.4, 0.5) is 0 Å². The van der Waals surface area contributed by atoms with Crippen molar-refractivity contribution in [3.8, 4) is 11.5 Å². The number of nitrogens with zero attached hydrogens (tertiary/aromatic N) is 2. The minimum absolute atomic E-state index is 0.249. The smallest absolute Gasteiger partial charge is 0.320 e. The zero-order valence-electron chi connectivity index (χ0n) is 14.7. The van der Waals surface area contributed by atoms with Gasteiger partial charge in [0.05, 0.1) is 20.3 Å². The maximum atomic E-state index is 11.8. The fourth-order valence-electron chi connectivity index (χ4n) is 3.53. The maximum Gasteiger partial charge on any atom is 0.320 e. The van der Waals surface area contributed by atoms with Crippen LogP contribution < -0.4 is 9.47 Å². The van der Waals surface area contributed by atoms with Gasteiger partial charge in [0.1, 0.15) is 6.04 Å². The van der Waals surface area contributed by atoms with E-state index in [-0.39, 0.29) is 6.04 Å². The Kier molecular flexibility index (Phi) is 5.78. The Morgan fingerprint density at radius 3 is 2.69 bits per heavy atom. The Bertz CT molecular complexity index is 785. The van der Waals surface area contributed by atoms with Crippen LogP contribution in [-0.4, -0.2) is 47.8 Å². The average molecular weight is 421 g/mol. The number of carboxylic acid groups (broad SMARTS) is 1. The molecule has 0 saturated carbocycles. The summed E-state index contributed by atoms with van der Waals surface area (Å²) in [5, 5.41) is 9.66. The summed E-state index contributed by atoms with van der Waals surface area (Å²) >= 11 is 3.62. The second-order valence-electron chi connectivity index (χ2n) is 6.15. The zero-order valence-corrected chi connectivity index (χ0v) is 16.3. The van der Waals surface area contributed by atoms with E-state index in [0.717, 1.165) is 22.0 Å². The minimum Gasteiger partial charge on any atom is -0.493 e. The van der Waals surface area contributed by atoms with Crippen molar-refractivity contribution in [1.29, 1.82) is 0 Å². The first kappa shape index (κ1) is 18.7. The third-order valence-corrected chi connectivity index (χ3v) is 5.40. The van der Waals surface area contributed by atoms with Gasteiger partial charge in [-0.2, -0.15) is 0 Å². The van der Waals surface area contributed by atoms with E-state index >= 15 is 0 Å². The van der Waals surface area contributed by atoms with Crippen LogP contribution in [0.15, 0.2) is 41.1 Å². The SMILES string of the molecule is COc1cc(Br)c(C(c2cccnc2)N2CCCC2C(=O)O)cc1OC. The number of halogens is 1. The number of benzene rings is 1. The average Bonchev–Trinajstić information content (AvgIpc) is 3.13. The monoisotopic (exact) mass is 420 g/mol. The van der Waals surface area contributed by atoms with Gasteiger partial charge in [-0.05, 0) is 42.2 Å². The summed E-state index contributed by atoms with van der Waals surface area (Å²) in [4.78, 5) is 18.0. The third kappa shape index (κ3) is 3.54. The van der Waals surface area contributed by atoms with E-state index in [9.17, 15) is 9.90 Å². The van der Waals surface area contributed by atoms with E-state index in [2.05, 4.69) is 20.9 Å². The van der Waals surface area contributed by atoms with Crippen molar-refractivity contribution in [1.82, 2.24) is 9.88 Å². The van der Waals surface area contributed by atoms with Gasteiger partial charge < -0.3 is 14.6 Å². The number of carboxylic acids is 1. The zero-order chi connectivity index (χ0) is 18.7. The molecule has 1 aliphatic rings. The number of hydrogen-bond acceptors (Lipinski definition) is 5. The lowest BCUT2D eigenvalue weighted by Gasteiger charge is -2.32. The summed E-state index contributed by atoms with van der Waals surface area (Å²) < 4.78 is 11.7. The van der Waals surface area contributed by atoms with E-state index in [1.165, 1.54) is 0 Å². The summed E-state index contributed by atoms with van der Waals surface area (Å²) in [5.74, 6) is 0.419. The highest BCUT2D eigenvalue weighted by Gasteiger charge is 2.38. The molecule has 138 valence electrons. The second kappa shape index (κ2) is 8.05. The van der Waals surface area contributed by atoms with Gasteiger partial charge in [0, 0.05) is 23.4 Å². The predicted octanol–water partition coefficient (Wildman–Crippen LogP) is 3.50. The van der Waals surface area contributed by atoms with Crippen molar-refractivity contribution in [3.63, 3.8) is 0 Å². The van der Waals surface area contributed by atoms with Gasteiger partial charge in [0.25, 0.3) is 0 Å². The molecule has 7 heteroatoms. The molecule has 3 rings (SSSR count). The molecule has 1 aliphatic heterocycles. The molecule has 2 aromatic rings. The van der Waals surface area contributed by atoms with Gasteiger partial charge in [-0.25, -0.2) is 0 Å². The van der Waals surface area contributed by atoms with Crippen LogP contribution in [0.3, 0.4) is 0 Å². The summed E-state index contributed by atoms with van der Waals surface area (Å²) in [5.41, 5.74) is 1.86. The Morgan fingerprint density at radius 1 is 1.35 bits per heavy atom. The summed E-state index contributed by atoms with van der Waals surface area (Å²) in [7, 11) is 3.17. The highest BCUT2D eigenvalue weighted by atomic mass is 79.9. The normalized spacial score (nSPS) is 18.5. The van der Waals surface area contributed by atoms with Crippen molar-refractivity contribution in [2.45, 2.75) is 24.9 Å². The molecule has 26 heavy (non-hydrogen) atoms. The fraction of sp³-hybridized carbons (Fsp3) is 0.368. The molecule has 2 unspecified atom stereocenters. The van der Waals surface area contributed by atoms with Crippen molar-refractivity contribution in [2.24, 2.45) is 0 Å². The number of carbonyl (C=O) groups is 1. The first-order valence-corrected chi connectivity index (χ1v) is 9.16. The lowest BCUT2D eigenvalue weighted by Crippen LogP contribution is -2.39. The highest BCUT2D eigenvalue weighted by Crippen LogP contribution is 2.42. The number of likely N-dealkylation sites (tertiary alicyclic amines) is 1. The van der Waals surface area contributed by atoms with E-state index in [1.54, 1.807) is 26.6 Å². The molecule has 1 aromatic heterocycles. The second-order valence-corrected chi connectivity index (χ2v) is 7.01. The van der Waals surface area contributed by atoms with Crippen LogP contribution in [0.2, 0.25) is 0 Å². The molecular weight excluding hydrogens is 400 g/mol. The largest absolute Gasteiger partial charge is 0.493 e. The maximum absolute atomic E-state index is 11.8. The van der Waals surface area contributed by atoms with E-state index < -0.39 is 12.0 Å². The van der Waals surface area contributed by atoms with Crippen molar-refractivity contribution in [2.75, 3.05) is 20.8 Å². The molecule has 0 bridgehead atoms. The molecular formula is C19H21BrN2O4. The molecule has 2 heterocycles. The van der Waals surface area contributed by atoms with Crippen LogP contribution in [0.5, 0.6) is 11.5 Å². The quantitative estimate of drug-likeness (QED) is 0.770. The Labute approximate surface area is 160 Å². The van der Waals surface area contributed by atoms with Gasteiger partial charge in [-0.15, -0.1) is 0 Å². The molecule has 1 saturated heterocycles. The van der Waals surface area contributed by atoms with Crippen LogP contribution >= 0.6 is 15.9 Å². The third-order valence-electron chi connectivity index (χ3n) is 4.71. The Morgan fingerprint density at radius 2 is 2.08 bits per heavy atom. The van der Waals surface area contributed by atoms with Gasteiger partial charge in [0.2, 0.25) is 0 Å². The number of ether oxygens (including phenoxy) is 2. The number of rotatable bonds is 6. The lowest BCUT2D eigenvalue weighted by atomic mass is 9.97. The number of pyridine rings is 1. The lowest BCUT2D eigenvalue weighted by molar-refractivity contribution is -0.142. The van der Waals surface area contributed by atoms with Crippen LogP contribution in [0, 0.1) is 0 Å². The van der Waals surface area contributed by atoms with Crippen LogP contribution in [0.25, 0.3) is 0 Å². The summed E-state index contributed by atoms with van der Waals surface area (Å²) in [6.07, 6.45) is 4.98. The first-order valence-electron chi connectivity index (χ1n) is 8.36. The molecule has 1 N–H and O–H groups in total. The van der Waals surface area contributed by atoms with Crippen LogP contribution in [0.1, 0.15) is 30.0 Å². The van der Waals surface area contributed by atoms with E-state index in [0.29, 0.717) is 24.5 Å². The van der Waals surface area contributed by atoms with Gasteiger partial charge >= 0.3 is 5.97 Å². The number of methoxy groups -OCH3 is 2. The highest BCUT2D eigenvalue weighted by molar-refractivity contribution is 9.10.